The van der Waals surface area contributed by atoms with Gasteiger partial charge in [-0.05, 0) is 12.1 Å². The van der Waals surface area contributed by atoms with Gasteiger partial charge in [-0.3, -0.25) is 0 Å². The first-order valence-electron chi connectivity index (χ1n) is 5.96. The largest absolute Gasteiger partial charge is 0.377 e. The van der Waals surface area contributed by atoms with Crippen LogP contribution in [-0.2, 0) is 0 Å². The first-order valence-corrected chi connectivity index (χ1v) is 5.96. The summed E-state index contributed by atoms with van der Waals surface area (Å²) >= 11 is 0. The molecule has 1 N–H and O–H groups in total. The van der Waals surface area contributed by atoms with Crippen LogP contribution in [-0.4, -0.2) is 24.1 Å². The van der Waals surface area contributed by atoms with Crippen LogP contribution in [0, 0.1) is 0 Å². The first kappa shape index (κ1) is 10.8. The molecular formula is C15H15N3. The van der Waals surface area contributed by atoms with E-state index in [0.29, 0.717) is 0 Å². The van der Waals surface area contributed by atoms with Gasteiger partial charge in [-0.2, -0.15) is 0 Å². The van der Waals surface area contributed by atoms with Crippen molar-refractivity contribution in [3.05, 3.63) is 48.8 Å². The Bertz CT molecular complexity index is 683. The van der Waals surface area contributed by atoms with Gasteiger partial charge in [0, 0.05) is 30.9 Å². The molecule has 2 aromatic carbocycles. The predicted octanol–water partition coefficient (Wildman–Crippen LogP) is 3.30. The fraction of sp³-hybridized carbons (Fsp3) is 0.133. The van der Waals surface area contributed by atoms with E-state index in [9.17, 15) is 0 Å². The van der Waals surface area contributed by atoms with Crippen LogP contribution in [0.15, 0.2) is 48.8 Å². The molecule has 0 aliphatic heterocycles. The minimum absolute atomic E-state index is 1.02. The highest BCUT2D eigenvalue weighted by Gasteiger charge is 2.10. The van der Waals surface area contributed by atoms with Crippen molar-refractivity contribution in [3.8, 4) is 11.1 Å². The van der Waals surface area contributed by atoms with Gasteiger partial charge in [0.05, 0.1) is 17.4 Å². The minimum atomic E-state index is 1.02. The van der Waals surface area contributed by atoms with E-state index in [-0.39, 0.29) is 0 Å². The van der Waals surface area contributed by atoms with Crippen LogP contribution < -0.4 is 4.90 Å². The third-order valence-corrected chi connectivity index (χ3v) is 3.13. The molecule has 1 heterocycles. The van der Waals surface area contributed by atoms with Crippen molar-refractivity contribution < 1.29 is 0 Å². The number of aromatic amines is 1. The number of hydrogen-bond donors (Lipinski definition) is 1. The molecule has 0 radical (unpaired) electrons. The van der Waals surface area contributed by atoms with Crippen LogP contribution in [0.3, 0.4) is 0 Å². The number of rotatable bonds is 2. The average Bonchev–Trinajstić information content (AvgIpc) is 2.86. The van der Waals surface area contributed by atoms with Crippen LogP contribution in [0.5, 0.6) is 0 Å². The Balaban J connectivity index is 2.29. The fourth-order valence-corrected chi connectivity index (χ4v) is 2.27. The third-order valence-electron chi connectivity index (χ3n) is 3.13. The van der Waals surface area contributed by atoms with Gasteiger partial charge < -0.3 is 9.88 Å². The Morgan fingerprint density at radius 2 is 1.72 bits per heavy atom. The van der Waals surface area contributed by atoms with Crippen LogP contribution in [0.25, 0.3) is 22.2 Å². The van der Waals surface area contributed by atoms with Crippen molar-refractivity contribution >= 4 is 16.7 Å². The number of nitrogens with zero attached hydrogens (tertiary/aromatic N) is 2. The Kier molecular flexibility index (Phi) is 2.52. The van der Waals surface area contributed by atoms with Gasteiger partial charge in [0.1, 0.15) is 0 Å². The summed E-state index contributed by atoms with van der Waals surface area (Å²) in [5, 5.41) is 0. The Labute approximate surface area is 106 Å². The van der Waals surface area contributed by atoms with Crippen molar-refractivity contribution in [1.82, 2.24) is 9.97 Å². The molecule has 0 saturated carbocycles. The van der Waals surface area contributed by atoms with Crippen molar-refractivity contribution in [2.45, 2.75) is 0 Å². The number of imidazole rings is 1. The summed E-state index contributed by atoms with van der Waals surface area (Å²) in [5.74, 6) is 0. The standard InChI is InChI=1S/C15H15N3/c1-18(2)14-9-4-3-6-11(14)12-7-5-8-13-15(12)17-10-16-13/h3-10H,1-2H3,(H,16,17). The molecule has 18 heavy (non-hydrogen) atoms. The van der Waals surface area contributed by atoms with Crippen LogP contribution >= 0.6 is 0 Å². The van der Waals surface area contributed by atoms with E-state index in [0.717, 1.165) is 16.6 Å². The number of anilines is 1. The van der Waals surface area contributed by atoms with Gasteiger partial charge in [0.2, 0.25) is 0 Å². The lowest BCUT2D eigenvalue weighted by molar-refractivity contribution is 1.13. The molecule has 0 amide bonds. The zero-order valence-corrected chi connectivity index (χ0v) is 10.5. The second kappa shape index (κ2) is 4.18. The number of aromatic nitrogens is 2. The van der Waals surface area contributed by atoms with Crippen molar-refractivity contribution in [1.29, 1.82) is 0 Å². The normalized spacial score (nSPS) is 10.8. The molecule has 0 aliphatic carbocycles. The molecule has 3 aromatic rings. The Morgan fingerprint density at radius 1 is 0.944 bits per heavy atom. The zero-order valence-electron chi connectivity index (χ0n) is 10.5. The summed E-state index contributed by atoms with van der Waals surface area (Å²) in [6.45, 7) is 0. The fourth-order valence-electron chi connectivity index (χ4n) is 2.27. The third kappa shape index (κ3) is 1.64. The van der Waals surface area contributed by atoms with E-state index in [1.54, 1.807) is 6.33 Å². The minimum Gasteiger partial charge on any atom is -0.377 e. The van der Waals surface area contributed by atoms with Crippen LogP contribution in [0.1, 0.15) is 0 Å². The zero-order chi connectivity index (χ0) is 12.5. The van der Waals surface area contributed by atoms with E-state index in [4.69, 9.17) is 0 Å². The Morgan fingerprint density at radius 3 is 2.56 bits per heavy atom. The number of nitrogens with one attached hydrogen (secondary N) is 1. The Hall–Kier alpha value is -2.29. The molecule has 1 aromatic heterocycles. The van der Waals surface area contributed by atoms with E-state index >= 15 is 0 Å². The summed E-state index contributed by atoms with van der Waals surface area (Å²) in [5.41, 5.74) is 5.67. The van der Waals surface area contributed by atoms with E-state index in [1.807, 2.05) is 6.07 Å². The van der Waals surface area contributed by atoms with E-state index < -0.39 is 0 Å². The first-order chi connectivity index (χ1) is 8.77. The second-order valence-corrected chi connectivity index (χ2v) is 4.52. The second-order valence-electron chi connectivity index (χ2n) is 4.52. The number of para-hydroxylation sites is 2. The summed E-state index contributed by atoms with van der Waals surface area (Å²) < 4.78 is 0. The molecule has 3 nitrogen and oxygen atoms in total. The topological polar surface area (TPSA) is 31.9 Å². The molecule has 0 unspecified atom stereocenters. The molecule has 3 heteroatoms. The van der Waals surface area contributed by atoms with Gasteiger partial charge in [0.15, 0.2) is 0 Å². The van der Waals surface area contributed by atoms with Crippen LogP contribution in [0.4, 0.5) is 5.69 Å². The number of H-pyrrole nitrogens is 1. The number of benzene rings is 2. The molecule has 0 fully saturated rings. The summed E-state index contributed by atoms with van der Waals surface area (Å²) in [6.07, 6.45) is 1.74. The predicted molar refractivity (Wildman–Crippen MR) is 75.9 cm³/mol. The molecule has 3 rings (SSSR count). The van der Waals surface area contributed by atoms with Crippen molar-refractivity contribution in [3.63, 3.8) is 0 Å². The van der Waals surface area contributed by atoms with Crippen molar-refractivity contribution in [2.24, 2.45) is 0 Å². The number of hydrogen-bond acceptors (Lipinski definition) is 2. The van der Waals surface area contributed by atoms with Gasteiger partial charge in [-0.1, -0.05) is 30.3 Å². The lowest BCUT2D eigenvalue weighted by atomic mass is 10.0. The SMILES string of the molecule is CN(C)c1ccccc1-c1cccc2[nH]cnc12. The van der Waals surface area contributed by atoms with Gasteiger partial charge in [-0.25, -0.2) is 4.98 Å². The van der Waals surface area contributed by atoms with Gasteiger partial charge in [-0.15, -0.1) is 0 Å². The summed E-state index contributed by atoms with van der Waals surface area (Å²) in [7, 11) is 4.12. The molecule has 0 bridgehead atoms. The van der Waals surface area contributed by atoms with Crippen molar-refractivity contribution in [2.75, 3.05) is 19.0 Å². The molecule has 0 aliphatic rings. The highest BCUT2D eigenvalue weighted by Crippen LogP contribution is 2.33. The highest BCUT2D eigenvalue weighted by atomic mass is 15.1. The van der Waals surface area contributed by atoms with E-state index in [1.165, 1.54) is 11.3 Å². The lowest BCUT2D eigenvalue weighted by Gasteiger charge is -2.17. The molecule has 0 saturated heterocycles. The monoisotopic (exact) mass is 237 g/mol. The lowest BCUT2D eigenvalue weighted by Crippen LogP contribution is -2.09. The summed E-state index contributed by atoms with van der Waals surface area (Å²) in [6, 6.07) is 14.6. The summed E-state index contributed by atoms with van der Waals surface area (Å²) in [4.78, 5) is 9.70. The van der Waals surface area contributed by atoms with Gasteiger partial charge in [0.25, 0.3) is 0 Å². The molecular weight excluding hydrogens is 222 g/mol. The van der Waals surface area contributed by atoms with E-state index in [2.05, 4.69) is 65.4 Å². The molecule has 0 atom stereocenters. The maximum atomic E-state index is 4.42. The smallest absolute Gasteiger partial charge is 0.0961 e. The highest BCUT2D eigenvalue weighted by molar-refractivity contribution is 5.95. The molecule has 0 spiro atoms. The average molecular weight is 237 g/mol. The molecule has 90 valence electrons. The van der Waals surface area contributed by atoms with Gasteiger partial charge >= 0.3 is 0 Å². The maximum Gasteiger partial charge on any atom is 0.0961 e. The maximum absolute atomic E-state index is 4.42. The van der Waals surface area contributed by atoms with Crippen LogP contribution in [0.2, 0.25) is 0 Å². The quantitative estimate of drug-likeness (QED) is 0.741. The number of fused-ring (bicyclic) bond motifs is 1.